The molecule has 1 heteroatoms. The van der Waals surface area contributed by atoms with Crippen LogP contribution in [0.4, 0.5) is 0 Å². The van der Waals surface area contributed by atoms with Gasteiger partial charge in [0.2, 0.25) is 5.69 Å². The van der Waals surface area contributed by atoms with Crippen molar-refractivity contribution in [1.82, 2.24) is 0 Å². The minimum atomic E-state index is -2.79. The third-order valence-electron chi connectivity index (χ3n) is 2.97. The Hall–Kier alpha value is -1.63. The lowest BCUT2D eigenvalue weighted by molar-refractivity contribution is -0.660. The number of aryl methyl sites for hydroxylation is 3. The van der Waals surface area contributed by atoms with Crippen LogP contribution in [0.5, 0.6) is 0 Å². The van der Waals surface area contributed by atoms with Crippen LogP contribution < -0.4 is 4.57 Å². The summed E-state index contributed by atoms with van der Waals surface area (Å²) in [5.74, 6) is -2.32. The first kappa shape index (κ1) is 6.21. The zero-order valence-electron chi connectivity index (χ0n) is 20.4. The van der Waals surface area contributed by atoms with E-state index in [4.69, 9.17) is 12.3 Å². The van der Waals surface area contributed by atoms with Crippen LogP contribution in [0, 0.1) is 19.7 Å². The molecule has 1 atom stereocenters. The predicted octanol–water partition coefficient (Wildman–Crippen LogP) is 3.99. The molecule has 2 rings (SSSR count). The molecule has 1 aromatic carbocycles. The van der Waals surface area contributed by atoms with Crippen molar-refractivity contribution in [2.45, 2.75) is 33.9 Å². The first-order valence-electron chi connectivity index (χ1n) is 10.6. The van der Waals surface area contributed by atoms with Crippen LogP contribution in [0.25, 0.3) is 11.3 Å². The summed E-state index contributed by atoms with van der Waals surface area (Å²) in [5, 5.41) is 0. The third kappa shape index (κ3) is 3.23. The second-order valence-electron chi connectivity index (χ2n) is 4.69. The number of nitrogens with zero attached hydrogens (tertiary/aromatic N) is 1. The maximum absolute atomic E-state index is 8.29. The Balaban J connectivity index is 2.51. The van der Waals surface area contributed by atoms with Gasteiger partial charge in [0.25, 0.3) is 0 Å². The molecule has 0 fully saturated rings. The van der Waals surface area contributed by atoms with E-state index in [0.29, 0.717) is 5.56 Å². The van der Waals surface area contributed by atoms with Gasteiger partial charge in [-0.15, -0.1) is 0 Å². The summed E-state index contributed by atoms with van der Waals surface area (Å²) in [6, 6.07) is 7.92. The zero-order chi connectivity index (χ0) is 21.7. The average molecular weight is 263 g/mol. The summed E-state index contributed by atoms with van der Waals surface area (Å²) < 4.78 is 71.5. The summed E-state index contributed by atoms with van der Waals surface area (Å²) in [7, 11) is 1.73. The number of aromatic nitrogens is 1. The SMILES string of the molecule is [2H]C([2H])([2H])c1ccc(-c2ccc(C([2H])([2H])C([2H])(C)C([2H])([2H])[2H])cc2C)[n+](C)c1. The van der Waals surface area contributed by atoms with Gasteiger partial charge in [-0.3, -0.25) is 0 Å². The molecular formula is C18H24N+. The lowest BCUT2D eigenvalue weighted by Crippen LogP contribution is -2.31. The van der Waals surface area contributed by atoms with Gasteiger partial charge in [0.05, 0.1) is 0 Å². The lowest BCUT2D eigenvalue weighted by atomic mass is 9.97. The van der Waals surface area contributed by atoms with E-state index in [-0.39, 0.29) is 11.1 Å². The average Bonchev–Trinajstić information content (AvgIpc) is 2.53. The molecule has 0 saturated carbocycles. The molecule has 19 heavy (non-hydrogen) atoms. The van der Waals surface area contributed by atoms with Crippen molar-refractivity contribution in [2.24, 2.45) is 12.9 Å². The summed E-state index contributed by atoms with van der Waals surface area (Å²) >= 11 is 0. The Labute approximate surface area is 129 Å². The molecule has 0 radical (unpaired) electrons. The topological polar surface area (TPSA) is 3.88 Å². The monoisotopic (exact) mass is 263 g/mol. The highest BCUT2D eigenvalue weighted by molar-refractivity contribution is 5.61. The van der Waals surface area contributed by atoms with E-state index < -0.39 is 26.0 Å². The molecule has 0 spiro atoms. The second kappa shape index (κ2) is 5.56. The standard InChI is InChI=1S/C18H24N/c1-13(2)10-16-7-8-17(15(4)11-16)18-9-6-14(3)12-19(18)5/h6-9,11-13H,10H2,1-5H3/q+1/i1D3,3D3,10D2,13D. The van der Waals surface area contributed by atoms with E-state index in [1.54, 1.807) is 36.7 Å². The number of hydrogen-bond acceptors (Lipinski definition) is 0. The molecule has 0 aliphatic heterocycles. The summed E-state index contributed by atoms with van der Waals surface area (Å²) in [6.45, 7) is -2.15. The van der Waals surface area contributed by atoms with Gasteiger partial charge in [0.1, 0.15) is 7.05 Å². The number of hydrogen-bond donors (Lipinski definition) is 0. The molecule has 0 amide bonds. The van der Waals surface area contributed by atoms with Gasteiger partial charge >= 0.3 is 0 Å². The van der Waals surface area contributed by atoms with Crippen LogP contribution in [-0.4, -0.2) is 0 Å². The van der Waals surface area contributed by atoms with Gasteiger partial charge in [-0.2, -0.15) is 0 Å². The van der Waals surface area contributed by atoms with Crippen molar-refractivity contribution in [3.63, 3.8) is 0 Å². The second-order valence-corrected chi connectivity index (χ2v) is 4.69. The van der Waals surface area contributed by atoms with Crippen molar-refractivity contribution in [3.8, 4) is 11.3 Å². The Morgan fingerprint density at radius 1 is 1.37 bits per heavy atom. The van der Waals surface area contributed by atoms with Crippen molar-refractivity contribution >= 4 is 0 Å². The maximum atomic E-state index is 8.29. The Kier molecular flexibility index (Phi) is 1.82. The van der Waals surface area contributed by atoms with Gasteiger partial charge in [-0.1, -0.05) is 25.9 Å². The number of benzene rings is 1. The van der Waals surface area contributed by atoms with E-state index in [2.05, 4.69) is 0 Å². The van der Waals surface area contributed by atoms with E-state index in [1.165, 1.54) is 18.3 Å². The summed E-state index contributed by atoms with van der Waals surface area (Å²) in [6.07, 6.45) is -0.862. The van der Waals surface area contributed by atoms with Crippen LogP contribution in [0.3, 0.4) is 0 Å². The van der Waals surface area contributed by atoms with Gasteiger partial charge < -0.3 is 0 Å². The van der Waals surface area contributed by atoms with Crippen molar-refractivity contribution < 1.29 is 16.9 Å². The highest BCUT2D eigenvalue weighted by Gasteiger charge is 2.12. The van der Waals surface area contributed by atoms with Gasteiger partial charge in [-0.05, 0) is 49.3 Å². The molecule has 1 unspecified atom stereocenters. The predicted molar refractivity (Wildman–Crippen MR) is 81.1 cm³/mol. The van der Waals surface area contributed by atoms with E-state index >= 15 is 0 Å². The van der Waals surface area contributed by atoms with E-state index in [9.17, 15) is 0 Å². The van der Waals surface area contributed by atoms with Crippen LogP contribution in [0.2, 0.25) is 0 Å². The molecule has 100 valence electrons. The molecule has 0 bridgehead atoms. The minimum absolute atomic E-state index is 0.115. The van der Waals surface area contributed by atoms with Crippen molar-refractivity contribution in [1.29, 1.82) is 0 Å². The lowest BCUT2D eigenvalue weighted by Gasteiger charge is -2.09. The van der Waals surface area contributed by atoms with Crippen LogP contribution in [0.15, 0.2) is 36.5 Å². The largest absolute Gasteiger partial charge is 0.212 e. The maximum Gasteiger partial charge on any atom is 0.212 e. The third-order valence-corrected chi connectivity index (χ3v) is 2.97. The molecule has 0 N–H and O–H groups in total. The smallest absolute Gasteiger partial charge is 0.201 e. The summed E-state index contributed by atoms with van der Waals surface area (Å²) in [4.78, 5) is 0. The Morgan fingerprint density at radius 3 is 2.84 bits per heavy atom. The van der Waals surface area contributed by atoms with Gasteiger partial charge in [-0.25, -0.2) is 4.57 Å². The van der Waals surface area contributed by atoms with E-state index in [0.717, 1.165) is 18.2 Å². The van der Waals surface area contributed by atoms with Crippen LogP contribution in [-0.2, 0) is 13.4 Å². The van der Waals surface area contributed by atoms with Gasteiger partial charge in [0.15, 0.2) is 6.20 Å². The fourth-order valence-electron chi connectivity index (χ4n) is 2.13. The van der Waals surface area contributed by atoms with Gasteiger partial charge in [0, 0.05) is 29.5 Å². The number of pyridine rings is 1. The normalized spacial score (nSPS) is 23.2. The van der Waals surface area contributed by atoms with E-state index in [1.807, 2.05) is 0 Å². The number of rotatable bonds is 3. The minimum Gasteiger partial charge on any atom is -0.201 e. The molecule has 1 nitrogen and oxygen atoms in total. The molecule has 0 saturated heterocycles. The molecule has 1 aromatic heterocycles. The highest BCUT2D eigenvalue weighted by Crippen LogP contribution is 2.22. The van der Waals surface area contributed by atoms with Crippen molar-refractivity contribution in [3.05, 3.63) is 53.2 Å². The molecule has 1 heterocycles. The first-order chi connectivity index (χ1) is 12.5. The zero-order valence-corrected chi connectivity index (χ0v) is 11.4. The molecule has 2 aromatic rings. The Morgan fingerprint density at radius 2 is 2.21 bits per heavy atom. The highest BCUT2D eigenvalue weighted by atomic mass is 14.9. The Bertz CT molecular complexity index is 880. The van der Waals surface area contributed by atoms with Crippen LogP contribution >= 0.6 is 0 Å². The van der Waals surface area contributed by atoms with Crippen LogP contribution in [0.1, 0.15) is 42.8 Å². The fourth-order valence-corrected chi connectivity index (χ4v) is 2.13. The molecule has 0 aliphatic rings. The summed E-state index contributed by atoms with van der Waals surface area (Å²) in [5.41, 5.74) is 2.53. The first-order valence-corrected chi connectivity index (χ1v) is 6.12. The van der Waals surface area contributed by atoms with Crippen molar-refractivity contribution in [2.75, 3.05) is 0 Å². The molecule has 0 aliphatic carbocycles. The molecular weight excluding hydrogens is 230 g/mol. The quantitative estimate of drug-likeness (QED) is 0.737. The fraction of sp³-hybridized carbons (Fsp3) is 0.389.